The highest BCUT2D eigenvalue weighted by Crippen LogP contribution is 2.40. The van der Waals surface area contributed by atoms with Crippen LogP contribution in [-0.4, -0.2) is 39.1 Å². The van der Waals surface area contributed by atoms with Gasteiger partial charge in [-0.05, 0) is 44.1 Å². The number of hydrogen-bond donors (Lipinski definition) is 2. The first kappa shape index (κ1) is 14.5. The summed E-state index contributed by atoms with van der Waals surface area (Å²) in [6.45, 7) is 1.89. The molecule has 1 aliphatic heterocycles. The van der Waals surface area contributed by atoms with Gasteiger partial charge in [0.1, 0.15) is 17.3 Å². The summed E-state index contributed by atoms with van der Waals surface area (Å²) in [4.78, 5) is 25.9. The van der Waals surface area contributed by atoms with E-state index in [1.54, 1.807) is 0 Å². The Labute approximate surface area is 134 Å². The van der Waals surface area contributed by atoms with E-state index >= 15 is 0 Å². The second-order valence-corrected chi connectivity index (χ2v) is 6.81. The maximum Gasteiger partial charge on any atom is 0.303 e. The van der Waals surface area contributed by atoms with Gasteiger partial charge in [0.25, 0.3) is 0 Å². The quantitative estimate of drug-likeness (QED) is 0.886. The van der Waals surface area contributed by atoms with Crippen molar-refractivity contribution in [2.75, 3.05) is 18.0 Å². The molecule has 0 bridgehead atoms. The predicted octanol–water partition coefficient (Wildman–Crippen LogP) is 2.92. The van der Waals surface area contributed by atoms with E-state index in [0.29, 0.717) is 11.8 Å². The maximum absolute atomic E-state index is 10.8. The van der Waals surface area contributed by atoms with Crippen molar-refractivity contribution in [3.63, 3.8) is 0 Å². The minimum absolute atomic E-state index is 0.259. The van der Waals surface area contributed by atoms with E-state index in [1.165, 1.54) is 12.8 Å². The van der Waals surface area contributed by atoms with Crippen LogP contribution in [0.15, 0.2) is 12.3 Å². The summed E-state index contributed by atoms with van der Waals surface area (Å²) in [6, 6.07) is 2.04. The molecule has 2 fully saturated rings. The van der Waals surface area contributed by atoms with Gasteiger partial charge in [-0.1, -0.05) is 0 Å². The smallest absolute Gasteiger partial charge is 0.303 e. The van der Waals surface area contributed by atoms with Gasteiger partial charge in [0.05, 0.1) is 5.39 Å². The number of piperidine rings is 1. The van der Waals surface area contributed by atoms with Crippen LogP contribution in [0.3, 0.4) is 0 Å². The molecule has 0 unspecified atom stereocenters. The molecule has 1 aliphatic carbocycles. The van der Waals surface area contributed by atoms with Crippen molar-refractivity contribution in [3.05, 3.63) is 18.1 Å². The Balaban J connectivity index is 1.59. The molecule has 2 aliphatic rings. The summed E-state index contributed by atoms with van der Waals surface area (Å²) in [5.41, 5.74) is 0.921. The lowest BCUT2D eigenvalue weighted by Crippen LogP contribution is -2.36. The Hall–Kier alpha value is -2.11. The number of nitrogens with zero attached hydrogens (tertiary/aromatic N) is 3. The highest BCUT2D eigenvalue weighted by atomic mass is 16.4. The summed E-state index contributed by atoms with van der Waals surface area (Å²) in [6.07, 6.45) is 7.52. The SMILES string of the molecule is O=C(O)CC[C@H]1CCCN(c2nc(C3CC3)nc3[nH]ccc23)C1. The zero-order valence-electron chi connectivity index (χ0n) is 13.2. The Morgan fingerprint density at radius 2 is 2.22 bits per heavy atom. The zero-order chi connectivity index (χ0) is 15.8. The van der Waals surface area contributed by atoms with Gasteiger partial charge in [-0.25, -0.2) is 9.97 Å². The Bertz CT molecular complexity index is 722. The summed E-state index contributed by atoms with van der Waals surface area (Å²) >= 11 is 0. The molecular formula is C17H22N4O2. The molecule has 1 saturated heterocycles. The molecule has 2 N–H and O–H groups in total. The lowest BCUT2D eigenvalue weighted by Gasteiger charge is -2.34. The van der Waals surface area contributed by atoms with E-state index in [-0.39, 0.29) is 6.42 Å². The van der Waals surface area contributed by atoms with Crippen LogP contribution in [0.2, 0.25) is 0 Å². The maximum atomic E-state index is 10.8. The van der Waals surface area contributed by atoms with Crippen LogP contribution in [0.5, 0.6) is 0 Å². The van der Waals surface area contributed by atoms with Crippen LogP contribution >= 0.6 is 0 Å². The topological polar surface area (TPSA) is 82.1 Å². The zero-order valence-corrected chi connectivity index (χ0v) is 13.2. The third kappa shape index (κ3) is 3.02. The summed E-state index contributed by atoms with van der Waals surface area (Å²) in [5.74, 6) is 2.25. The summed E-state index contributed by atoms with van der Waals surface area (Å²) in [7, 11) is 0. The van der Waals surface area contributed by atoms with Crippen LogP contribution in [0, 0.1) is 5.92 Å². The second-order valence-electron chi connectivity index (χ2n) is 6.81. The Morgan fingerprint density at radius 1 is 1.35 bits per heavy atom. The fourth-order valence-corrected chi connectivity index (χ4v) is 3.53. The molecule has 23 heavy (non-hydrogen) atoms. The van der Waals surface area contributed by atoms with Crippen LogP contribution in [0.25, 0.3) is 11.0 Å². The van der Waals surface area contributed by atoms with Crippen LogP contribution in [0.1, 0.15) is 50.3 Å². The normalized spacial score (nSPS) is 21.7. The molecule has 3 heterocycles. The monoisotopic (exact) mass is 314 g/mol. The summed E-state index contributed by atoms with van der Waals surface area (Å²) in [5, 5.41) is 9.98. The van der Waals surface area contributed by atoms with Crippen molar-refractivity contribution in [2.45, 2.75) is 44.4 Å². The van der Waals surface area contributed by atoms with Crippen LogP contribution in [0.4, 0.5) is 5.82 Å². The number of anilines is 1. The van der Waals surface area contributed by atoms with Gasteiger partial charge in [0.15, 0.2) is 0 Å². The highest BCUT2D eigenvalue weighted by molar-refractivity contribution is 5.87. The fourth-order valence-electron chi connectivity index (χ4n) is 3.53. The van der Waals surface area contributed by atoms with Crippen molar-refractivity contribution >= 4 is 22.8 Å². The number of aliphatic carboxylic acids is 1. The molecule has 0 amide bonds. The van der Waals surface area contributed by atoms with Gasteiger partial charge >= 0.3 is 5.97 Å². The average molecular weight is 314 g/mol. The first-order valence-electron chi connectivity index (χ1n) is 8.52. The Kier molecular flexibility index (Phi) is 3.67. The van der Waals surface area contributed by atoms with Gasteiger partial charge in [-0.15, -0.1) is 0 Å². The second kappa shape index (κ2) is 5.83. The molecule has 2 aromatic rings. The number of carbonyl (C=O) groups is 1. The van der Waals surface area contributed by atoms with Crippen molar-refractivity contribution in [3.8, 4) is 0 Å². The third-order valence-electron chi connectivity index (χ3n) is 4.94. The molecule has 0 aromatic carbocycles. The van der Waals surface area contributed by atoms with Crippen molar-refractivity contribution < 1.29 is 9.90 Å². The number of hydrogen-bond acceptors (Lipinski definition) is 4. The lowest BCUT2D eigenvalue weighted by molar-refractivity contribution is -0.137. The number of carboxylic acids is 1. The molecular weight excluding hydrogens is 292 g/mol. The minimum atomic E-state index is -0.701. The van der Waals surface area contributed by atoms with Crippen molar-refractivity contribution in [2.24, 2.45) is 5.92 Å². The van der Waals surface area contributed by atoms with Crippen molar-refractivity contribution in [1.29, 1.82) is 0 Å². The van der Waals surface area contributed by atoms with Gasteiger partial charge in [0.2, 0.25) is 0 Å². The number of rotatable bonds is 5. The number of fused-ring (bicyclic) bond motifs is 1. The van der Waals surface area contributed by atoms with Crippen molar-refractivity contribution in [1.82, 2.24) is 15.0 Å². The van der Waals surface area contributed by atoms with Gasteiger partial charge in [0, 0.05) is 31.6 Å². The van der Waals surface area contributed by atoms with E-state index in [4.69, 9.17) is 10.1 Å². The van der Waals surface area contributed by atoms with E-state index in [1.807, 2.05) is 12.3 Å². The highest BCUT2D eigenvalue weighted by Gasteiger charge is 2.29. The van der Waals surface area contributed by atoms with E-state index in [9.17, 15) is 4.79 Å². The number of carboxylic acid groups (broad SMARTS) is 1. The molecule has 1 saturated carbocycles. The van der Waals surface area contributed by atoms with E-state index in [2.05, 4.69) is 14.9 Å². The largest absolute Gasteiger partial charge is 0.481 e. The molecule has 1 atom stereocenters. The average Bonchev–Trinajstić information content (AvgIpc) is 3.30. The number of nitrogens with one attached hydrogen (secondary N) is 1. The third-order valence-corrected chi connectivity index (χ3v) is 4.94. The van der Waals surface area contributed by atoms with Gasteiger partial charge in [-0.3, -0.25) is 4.79 Å². The number of aromatic amines is 1. The molecule has 0 radical (unpaired) electrons. The standard InChI is InChI=1S/C17H22N4O2/c22-14(23)6-3-11-2-1-9-21(10-11)17-13-7-8-18-16(13)19-15(20-17)12-4-5-12/h7-8,11-12H,1-6,9-10H2,(H,22,23)(H,18,19,20)/t11-/m1/s1. The van der Waals surface area contributed by atoms with Crippen LogP contribution < -0.4 is 4.90 Å². The van der Waals surface area contributed by atoms with E-state index < -0.39 is 5.97 Å². The molecule has 0 spiro atoms. The first-order valence-corrected chi connectivity index (χ1v) is 8.52. The first-order chi connectivity index (χ1) is 11.2. The Morgan fingerprint density at radius 3 is 3.00 bits per heavy atom. The van der Waals surface area contributed by atoms with Gasteiger partial charge < -0.3 is 15.0 Å². The van der Waals surface area contributed by atoms with Crippen LogP contribution in [-0.2, 0) is 4.79 Å². The molecule has 2 aromatic heterocycles. The summed E-state index contributed by atoms with van der Waals surface area (Å²) < 4.78 is 0. The number of aromatic nitrogens is 3. The lowest BCUT2D eigenvalue weighted by atomic mass is 9.93. The predicted molar refractivity (Wildman–Crippen MR) is 87.7 cm³/mol. The molecule has 6 nitrogen and oxygen atoms in total. The minimum Gasteiger partial charge on any atom is -0.481 e. The van der Waals surface area contributed by atoms with E-state index in [0.717, 1.165) is 55.0 Å². The molecule has 6 heteroatoms. The number of H-pyrrole nitrogens is 1. The van der Waals surface area contributed by atoms with Gasteiger partial charge in [-0.2, -0.15) is 0 Å². The molecule has 122 valence electrons. The fraction of sp³-hybridized carbons (Fsp3) is 0.588. The molecule has 4 rings (SSSR count).